The fraction of sp³-hybridized carbons (Fsp3) is 0.250. The van der Waals surface area contributed by atoms with E-state index in [1.165, 1.54) is 18.1 Å². The molecule has 3 rings (SSSR count). The molecule has 0 spiro atoms. The van der Waals surface area contributed by atoms with Crippen LogP contribution in [0.15, 0.2) is 28.1 Å². The van der Waals surface area contributed by atoms with Crippen molar-refractivity contribution in [2.45, 2.75) is 17.9 Å². The lowest BCUT2D eigenvalue weighted by Gasteiger charge is -1.96. The van der Waals surface area contributed by atoms with Crippen LogP contribution in [0.3, 0.4) is 0 Å². The smallest absolute Gasteiger partial charge is 0.257 e. The van der Waals surface area contributed by atoms with Crippen LogP contribution in [0.2, 0.25) is 5.02 Å². The highest BCUT2D eigenvalue weighted by atomic mass is 35.5. The quantitative estimate of drug-likeness (QED) is 0.694. The van der Waals surface area contributed by atoms with Crippen molar-refractivity contribution in [1.29, 1.82) is 0 Å². The average molecular weight is 295 g/mol. The Labute approximate surface area is 119 Å². The SMILES string of the molecule is Cc1cc(Cl)cc2nc(SCc3ncnn3C)oc12. The highest BCUT2D eigenvalue weighted by Gasteiger charge is 2.11. The number of halogens is 1. The Morgan fingerprint density at radius 1 is 1.42 bits per heavy atom. The molecule has 0 saturated carbocycles. The molecule has 0 aliphatic rings. The number of fused-ring (bicyclic) bond motifs is 1. The molecular weight excluding hydrogens is 284 g/mol. The third-order valence-corrected chi connectivity index (χ3v) is 3.79. The predicted molar refractivity (Wildman–Crippen MR) is 74.3 cm³/mol. The Bertz CT molecular complexity index is 736. The third kappa shape index (κ3) is 2.46. The first-order chi connectivity index (χ1) is 9.13. The summed E-state index contributed by atoms with van der Waals surface area (Å²) in [6.45, 7) is 1.95. The van der Waals surface area contributed by atoms with E-state index >= 15 is 0 Å². The predicted octanol–water partition coefficient (Wildman–Crippen LogP) is 3.21. The van der Waals surface area contributed by atoms with Crippen molar-refractivity contribution >= 4 is 34.5 Å². The summed E-state index contributed by atoms with van der Waals surface area (Å²) in [7, 11) is 1.86. The van der Waals surface area contributed by atoms with Gasteiger partial charge in [0.05, 0.1) is 5.75 Å². The minimum Gasteiger partial charge on any atom is -0.431 e. The molecule has 2 aromatic heterocycles. The Kier molecular flexibility index (Phi) is 3.20. The van der Waals surface area contributed by atoms with Crippen molar-refractivity contribution in [2.24, 2.45) is 7.05 Å². The summed E-state index contributed by atoms with van der Waals surface area (Å²) in [5, 5.41) is 5.30. The molecule has 0 unspecified atom stereocenters. The summed E-state index contributed by atoms with van der Waals surface area (Å²) in [5.74, 6) is 1.54. The fourth-order valence-corrected chi connectivity index (χ4v) is 2.86. The molecule has 7 heteroatoms. The summed E-state index contributed by atoms with van der Waals surface area (Å²) in [5.41, 5.74) is 2.55. The monoisotopic (exact) mass is 294 g/mol. The molecule has 0 atom stereocenters. The van der Waals surface area contributed by atoms with Crippen LogP contribution in [-0.4, -0.2) is 19.7 Å². The van der Waals surface area contributed by atoms with Crippen LogP contribution in [-0.2, 0) is 12.8 Å². The first-order valence-corrected chi connectivity index (χ1v) is 7.02. The number of hydrogen-bond donors (Lipinski definition) is 0. The average Bonchev–Trinajstić information content (AvgIpc) is 2.92. The number of benzene rings is 1. The Hall–Kier alpha value is -1.53. The second-order valence-corrected chi connectivity index (χ2v) is 5.50. The standard InChI is InChI=1S/C12H11ClN4OS/c1-7-3-8(13)4-9-11(7)18-12(16-9)19-5-10-14-6-15-17(10)2/h3-4,6H,5H2,1-2H3. The van der Waals surface area contributed by atoms with Crippen LogP contribution in [0, 0.1) is 6.92 Å². The summed E-state index contributed by atoms with van der Waals surface area (Å²) in [6, 6.07) is 3.67. The molecule has 3 aromatic rings. The van der Waals surface area contributed by atoms with Gasteiger partial charge in [-0.1, -0.05) is 23.4 Å². The highest BCUT2D eigenvalue weighted by Crippen LogP contribution is 2.29. The lowest BCUT2D eigenvalue weighted by molar-refractivity contribution is 0.487. The van der Waals surface area contributed by atoms with E-state index in [-0.39, 0.29) is 0 Å². The molecule has 98 valence electrons. The minimum atomic E-state index is 0.614. The molecule has 0 radical (unpaired) electrons. The van der Waals surface area contributed by atoms with E-state index in [1.54, 1.807) is 10.7 Å². The molecule has 0 bridgehead atoms. The number of oxazole rings is 1. The molecule has 0 aliphatic carbocycles. The van der Waals surface area contributed by atoms with Crippen LogP contribution in [0.4, 0.5) is 0 Å². The van der Waals surface area contributed by atoms with Crippen LogP contribution >= 0.6 is 23.4 Å². The van der Waals surface area contributed by atoms with Crippen LogP contribution < -0.4 is 0 Å². The van der Waals surface area contributed by atoms with Crippen molar-refractivity contribution in [3.8, 4) is 0 Å². The summed E-state index contributed by atoms with van der Waals surface area (Å²) < 4.78 is 7.46. The molecular formula is C12H11ClN4OS. The van der Waals surface area contributed by atoms with Gasteiger partial charge in [-0.15, -0.1) is 0 Å². The molecule has 0 aliphatic heterocycles. The zero-order valence-electron chi connectivity index (χ0n) is 10.4. The van der Waals surface area contributed by atoms with Gasteiger partial charge in [0.25, 0.3) is 5.22 Å². The van der Waals surface area contributed by atoms with Gasteiger partial charge in [0.2, 0.25) is 0 Å². The van der Waals surface area contributed by atoms with E-state index in [0.29, 0.717) is 16.0 Å². The third-order valence-electron chi connectivity index (χ3n) is 2.75. The molecule has 19 heavy (non-hydrogen) atoms. The van der Waals surface area contributed by atoms with Crippen molar-refractivity contribution < 1.29 is 4.42 Å². The second kappa shape index (κ2) is 4.86. The molecule has 1 aromatic carbocycles. The van der Waals surface area contributed by atoms with E-state index in [1.807, 2.05) is 20.0 Å². The van der Waals surface area contributed by atoms with Gasteiger partial charge in [0.1, 0.15) is 17.7 Å². The lowest BCUT2D eigenvalue weighted by atomic mass is 10.2. The van der Waals surface area contributed by atoms with E-state index < -0.39 is 0 Å². The Morgan fingerprint density at radius 2 is 2.26 bits per heavy atom. The molecule has 2 heterocycles. The van der Waals surface area contributed by atoms with Crippen LogP contribution in [0.25, 0.3) is 11.1 Å². The van der Waals surface area contributed by atoms with Gasteiger partial charge in [-0.05, 0) is 24.6 Å². The molecule has 5 nitrogen and oxygen atoms in total. The van der Waals surface area contributed by atoms with Crippen molar-refractivity contribution in [1.82, 2.24) is 19.7 Å². The fourth-order valence-electron chi connectivity index (χ4n) is 1.78. The number of nitrogens with zero attached hydrogens (tertiary/aromatic N) is 4. The first-order valence-electron chi connectivity index (χ1n) is 5.66. The van der Waals surface area contributed by atoms with Crippen LogP contribution in [0.1, 0.15) is 11.4 Å². The second-order valence-electron chi connectivity index (χ2n) is 4.14. The van der Waals surface area contributed by atoms with E-state index in [9.17, 15) is 0 Å². The normalized spacial score (nSPS) is 11.3. The summed E-state index contributed by atoms with van der Waals surface area (Å²) in [6.07, 6.45) is 1.53. The minimum absolute atomic E-state index is 0.614. The van der Waals surface area contributed by atoms with Crippen LogP contribution in [0.5, 0.6) is 0 Å². The lowest BCUT2D eigenvalue weighted by Crippen LogP contribution is -1.97. The number of hydrogen-bond acceptors (Lipinski definition) is 5. The van der Waals surface area contributed by atoms with Crippen molar-refractivity contribution in [2.75, 3.05) is 0 Å². The number of thioether (sulfide) groups is 1. The maximum Gasteiger partial charge on any atom is 0.257 e. The summed E-state index contributed by atoms with van der Waals surface area (Å²) >= 11 is 7.49. The number of aryl methyl sites for hydroxylation is 2. The Balaban J connectivity index is 1.86. The molecule has 0 fully saturated rings. The van der Waals surface area contributed by atoms with E-state index in [2.05, 4.69) is 15.1 Å². The molecule has 0 saturated heterocycles. The van der Waals surface area contributed by atoms with Gasteiger partial charge in [-0.2, -0.15) is 5.10 Å². The largest absolute Gasteiger partial charge is 0.431 e. The van der Waals surface area contributed by atoms with Gasteiger partial charge >= 0.3 is 0 Å². The zero-order chi connectivity index (χ0) is 13.4. The van der Waals surface area contributed by atoms with Crippen molar-refractivity contribution in [3.05, 3.63) is 34.9 Å². The van der Waals surface area contributed by atoms with E-state index in [0.717, 1.165) is 22.5 Å². The van der Waals surface area contributed by atoms with Gasteiger partial charge in [-0.3, -0.25) is 4.68 Å². The van der Waals surface area contributed by atoms with Gasteiger partial charge in [-0.25, -0.2) is 9.97 Å². The number of aromatic nitrogens is 4. The van der Waals surface area contributed by atoms with Gasteiger partial charge in [0, 0.05) is 12.1 Å². The Morgan fingerprint density at radius 3 is 3.00 bits per heavy atom. The first kappa shape index (κ1) is 12.5. The topological polar surface area (TPSA) is 56.7 Å². The van der Waals surface area contributed by atoms with Gasteiger partial charge < -0.3 is 4.42 Å². The molecule has 0 N–H and O–H groups in total. The zero-order valence-corrected chi connectivity index (χ0v) is 12.0. The maximum absolute atomic E-state index is 6.00. The number of rotatable bonds is 3. The highest BCUT2D eigenvalue weighted by molar-refractivity contribution is 7.98. The molecule has 0 amide bonds. The maximum atomic E-state index is 6.00. The van der Waals surface area contributed by atoms with E-state index in [4.69, 9.17) is 16.0 Å². The van der Waals surface area contributed by atoms with Crippen molar-refractivity contribution in [3.63, 3.8) is 0 Å². The van der Waals surface area contributed by atoms with Gasteiger partial charge in [0.15, 0.2) is 5.58 Å². The summed E-state index contributed by atoms with van der Waals surface area (Å²) in [4.78, 5) is 8.57.